The first-order valence-corrected chi connectivity index (χ1v) is 6.62. The lowest BCUT2D eigenvalue weighted by atomic mass is 10.3. The Balaban J connectivity index is 1.74. The zero-order valence-corrected chi connectivity index (χ0v) is 11.3. The first-order valence-electron chi connectivity index (χ1n) is 6.62. The van der Waals surface area contributed by atoms with Gasteiger partial charge in [-0.15, -0.1) is 0 Å². The summed E-state index contributed by atoms with van der Waals surface area (Å²) in [5.41, 5.74) is 0.282. The lowest BCUT2D eigenvalue weighted by Crippen LogP contribution is -2.43. The Morgan fingerprint density at radius 2 is 1.95 bits per heavy atom. The molecular formula is C13H14N8. The topological polar surface area (TPSA) is 103 Å². The van der Waals surface area contributed by atoms with Gasteiger partial charge in [0.25, 0.3) is 0 Å². The smallest absolute Gasteiger partial charge is 0.158 e. The van der Waals surface area contributed by atoms with E-state index in [0.29, 0.717) is 11.6 Å². The number of aromatic nitrogens is 4. The van der Waals surface area contributed by atoms with Crippen LogP contribution in [0.2, 0.25) is 0 Å². The summed E-state index contributed by atoms with van der Waals surface area (Å²) in [4.78, 5) is 18.7. The largest absolute Gasteiger partial charge is 0.354 e. The van der Waals surface area contributed by atoms with Crippen LogP contribution in [-0.2, 0) is 0 Å². The molecule has 2 aromatic rings. The summed E-state index contributed by atoms with van der Waals surface area (Å²) in [5.74, 6) is 2.08. The molecule has 0 spiro atoms. The van der Waals surface area contributed by atoms with Crippen molar-refractivity contribution in [3.63, 3.8) is 0 Å². The van der Waals surface area contributed by atoms with E-state index in [1.54, 1.807) is 0 Å². The van der Waals surface area contributed by atoms with Gasteiger partial charge in [0.05, 0.1) is 12.4 Å². The molecule has 0 atom stereocenters. The summed E-state index contributed by atoms with van der Waals surface area (Å²) in [6.07, 6.45) is 4.45. The molecule has 106 valence electrons. The number of rotatable bonds is 3. The average molecular weight is 282 g/mol. The number of nitrogens with zero attached hydrogens (tertiary/aromatic N) is 6. The van der Waals surface area contributed by atoms with Gasteiger partial charge >= 0.3 is 0 Å². The van der Waals surface area contributed by atoms with E-state index in [0.717, 1.165) is 32.0 Å². The zero-order chi connectivity index (χ0) is 14.5. The molecule has 1 saturated heterocycles. The van der Waals surface area contributed by atoms with Gasteiger partial charge in [-0.05, 0) is 0 Å². The molecule has 0 aromatic carbocycles. The minimum atomic E-state index is 0.282. The minimum Gasteiger partial charge on any atom is -0.354 e. The third-order valence-electron chi connectivity index (χ3n) is 3.12. The first-order chi connectivity index (χ1) is 10.3. The molecule has 1 aliphatic rings. The molecule has 8 heteroatoms. The minimum absolute atomic E-state index is 0.282. The fourth-order valence-electron chi connectivity index (χ4n) is 2.06. The second-order valence-electron chi connectivity index (χ2n) is 4.52. The lowest BCUT2D eigenvalue weighted by molar-refractivity contribution is 0.584. The lowest BCUT2D eigenvalue weighted by Gasteiger charge is -2.28. The molecule has 1 fully saturated rings. The van der Waals surface area contributed by atoms with E-state index in [2.05, 4.69) is 35.5 Å². The fraction of sp³-hybridized carbons (Fsp3) is 0.308. The Morgan fingerprint density at radius 3 is 2.67 bits per heavy atom. The number of nitrogens with one attached hydrogen (secondary N) is 2. The van der Waals surface area contributed by atoms with Crippen molar-refractivity contribution in [1.29, 1.82) is 5.26 Å². The van der Waals surface area contributed by atoms with E-state index in [1.165, 1.54) is 18.7 Å². The van der Waals surface area contributed by atoms with Crippen molar-refractivity contribution in [2.45, 2.75) is 0 Å². The third-order valence-corrected chi connectivity index (χ3v) is 3.12. The normalized spacial score (nSPS) is 14.5. The van der Waals surface area contributed by atoms with Crippen LogP contribution >= 0.6 is 0 Å². The van der Waals surface area contributed by atoms with Gasteiger partial charge in [-0.25, -0.2) is 19.9 Å². The monoisotopic (exact) mass is 282 g/mol. The molecule has 0 unspecified atom stereocenters. The molecule has 8 nitrogen and oxygen atoms in total. The van der Waals surface area contributed by atoms with Gasteiger partial charge in [-0.2, -0.15) is 5.26 Å². The van der Waals surface area contributed by atoms with Crippen LogP contribution in [0.5, 0.6) is 0 Å². The van der Waals surface area contributed by atoms with Gasteiger partial charge in [0.2, 0.25) is 0 Å². The average Bonchev–Trinajstić information content (AvgIpc) is 2.57. The predicted molar refractivity (Wildman–Crippen MR) is 77.1 cm³/mol. The standard InChI is InChI=1S/C13H14N8/c14-6-10-7-17-12(8-16-10)20-11-5-13(19-9-18-11)21-3-1-15-2-4-21/h5,7-9,15H,1-4H2,(H,17,18,19,20). The van der Waals surface area contributed by atoms with Crippen LogP contribution in [0.15, 0.2) is 24.8 Å². The number of anilines is 3. The highest BCUT2D eigenvalue weighted by Crippen LogP contribution is 2.17. The highest BCUT2D eigenvalue weighted by molar-refractivity contribution is 5.55. The summed E-state index contributed by atoms with van der Waals surface area (Å²) in [6.45, 7) is 3.75. The third kappa shape index (κ3) is 3.21. The molecule has 3 rings (SSSR count). The second kappa shape index (κ2) is 6.11. The number of hydrogen-bond donors (Lipinski definition) is 2. The van der Waals surface area contributed by atoms with E-state index >= 15 is 0 Å². The van der Waals surface area contributed by atoms with Gasteiger partial charge < -0.3 is 15.5 Å². The maximum atomic E-state index is 8.69. The quantitative estimate of drug-likeness (QED) is 0.828. The number of nitriles is 1. The predicted octanol–water partition coefficient (Wildman–Crippen LogP) is 0.291. The van der Waals surface area contributed by atoms with Gasteiger partial charge in [-0.1, -0.05) is 0 Å². The van der Waals surface area contributed by atoms with Crippen molar-refractivity contribution in [2.24, 2.45) is 0 Å². The van der Waals surface area contributed by atoms with E-state index in [-0.39, 0.29) is 5.69 Å². The second-order valence-corrected chi connectivity index (χ2v) is 4.52. The maximum absolute atomic E-state index is 8.69. The van der Waals surface area contributed by atoms with E-state index in [4.69, 9.17) is 5.26 Å². The Kier molecular flexibility index (Phi) is 3.84. The molecule has 0 bridgehead atoms. The Labute approximate surface area is 121 Å². The van der Waals surface area contributed by atoms with Crippen molar-refractivity contribution >= 4 is 17.5 Å². The molecule has 2 N–H and O–H groups in total. The van der Waals surface area contributed by atoms with Gasteiger partial charge in [0.1, 0.15) is 29.9 Å². The highest BCUT2D eigenvalue weighted by Gasteiger charge is 2.12. The number of hydrogen-bond acceptors (Lipinski definition) is 8. The van der Waals surface area contributed by atoms with Crippen LogP contribution in [0.4, 0.5) is 17.5 Å². The molecule has 0 amide bonds. The van der Waals surface area contributed by atoms with Crippen LogP contribution in [-0.4, -0.2) is 46.1 Å². The Bertz CT molecular complexity index is 642. The van der Waals surface area contributed by atoms with Crippen LogP contribution in [0.1, 0.15) is 5.69 Å². The summed E-state index contributed by atoms with van der Waals surface area (Å²) in [5, 5.41) is 15.1. The van der Waals surface area contributed by atoms with Crippen LogP contribution in [0.25, 0.3) is 0 Å². The van der Waals surface area contributed by atoms with Crippen molar-refractivity contribution in [3.8, 4) is 6.07 Å². The molecule has 3 heterocycles. The first kappa shape index (κ1) is 13.2. The summed E-state index contributed by atoms with van der Waals surface area (Å²) >= 11 is 0. The van der Waals surface area contributed by atoms with E-state index < -0.39 is 0 Å². The summed E-state index contributed by atoms with van der Waals surface area (Å²) in [7, 11) is 0. The van der Waals surface area contributed by atoms with Gasteiger partial charge in [0.15, 0.2) is 5.69 Å². The molecule has 2 aromatic heterocycles. The van der Waals surface area contributed by atoms with Crippen molar-refractivity contribution < 1.29 is 0 Å². The molecule has 0 radical (unpaired) electrons. The van der Waals surface area contributed by atoms with Crippen molar-refractivity contribution in [2.75, 3.05) is 36.4 Å². The Hall–Kier alpha value is -2.79. The van der Waals surface area contributed by atoms with Crippen LogP contribution < -0.4 is 15.5 Å². The molecule has 1 aliphatic heterocycles. The van der Waals surface area contributed by atoms with E-state index in [9.17, 15) is 0 Å². The van der Waals surface area contributed by atoms with Crippen molar-refractivity contribution in [3.05, 3.63) is 30.5 Å². The summed E-state index contributed by atoms with van der Waals surface area (Å²) < 4.78 is 0. The van der Waals surface area contributed by atoms with E-state index in [1.807, 2.05) is 12.1 Å². The molecule has 0 saturated carbocycles. The number of piperazine rings is 1. The van der Waals surface area contributed by atoms with Gasteiger partial charge in [-0.3, -0.25) is 0 Å². The molecule has 21 heavy (non-hydrogen) atoms. The van der Waals surface area contributed by atoms with Gasteiger partial charge in [0, 0.05) is 32.2 Å². The molecular weight excluding hydrogens is 268 g/mol. The van der Waals surface area contributed by atoms with Crippen LogP contribution in [0.3, 0.4) is 0 Å². The SMILES string of the molecule is N#Cc1cnc(Nc2cc(N3CCNCC3)ncn2)cn1. The molecule has 0 aliphatic carbocycles. The zero-order valence-electron chi connectivity index (χ0n) is 11.3. The van der Waals surface area contributed by atoms with Crippen molar-refractivity contribution in [1.82, 2.24) is 25.3 Å². The van der Waals surface area contributed by atoms with Crippen LogP contribution in [0, 0.1) is 11.3 Å². The fourth-order valence-corrected chi connectivity index (χ4v) is 2.06. The highest BCUT2D eigenvalue weighted by atomic mass is 15.2. The summed E-state index contributed by atoms with van der Waals surface area (Å²) in [6, 6.07) is 3.81. The Morgan fingerprint density at radius 1 is 1.10 bits per heavy atom. The maximum Gasteiger partial charge on any atom is 0.158 e.